The van der Waals surface area contributed by atoms with Gasteiger partial charge < -0.3 is 18.3 Å². The fourth-order valence-corrected chi connectivity index (χ4v) is 18.3. The summed E-state index contributed by atoms with van der Waals surface area (Å²) in [6, 6.07) is 159. The molecule has 6 aromatic heterocycles. The Hall–Kier alpha value is -15.8. The zero-order chi connectivity index (χ0) is 77.7. The molecule has 0 aliphatic rings. The molecule has 6 nitrogen and oxygen atoms in total. The van der Waals surface area contributed by atoms with Crippen LogP contribution in [0.1, 0.15) is 0 Å². The van der Waals surface area contributed by atoms with Gasteiger partial charge in [-0.2, -0.15) is 0 Å². The molecule has 0 amide bonds. The van der Waals surface area contributed by atoms with Gasteiger partial charge >= 0.3 is 0 Å². The molecule has 6 heteroatoms. The van der Waals surface area contributed by atoms with Gasteiger partial charge in [-0.3, -0.25) is 0 Å². The van der Waals surface area contributed by atoms with Crippen molar-refractivity contribution in [3.8, 4) is 135 Å². The van der Waals surface area contributed by atoms with Crippen molar-refractivity contribution in [2.45, 2.75) is 0 Å². The SMILES string of the molecule is c1ccc(-c2cc(-c3ccc(-c4cc(-c5ccccc5)cc(-c5cc(-c6ccc(-n7c8ccccc8c8ccccc87)cc6)nc(-c6ccc(-n7c8ccccc8c8ccccc87)cc6)c5)c4)cc3)cc(-c3cc(-c4ccc(-n5c6ccccc6c6ccccc65)cc4)nc(-c4ccc(-n5c6ccccc6c6ccccc65)cc4)c3)c2)cc1. The fourth-order valence-electron chi connectivity index (χ4n) is 18.3. The number of nitrogens with zero attached hydrogens (tertiary/aromatic N) is 6. The van der Waals surface area contributed by atoms with Crippen molar-refractivity contribution in [1.82, 2.24) is 28.2 Å². The van der Waals surface area contributed by atoms with Crippen LogP contribution in [0.15, 0.2) is 437 Å². The molecule has 0 saturated carbocycles. The van der Waals surface area contributed by atoms with E-state index in [4.69, 9.17) is 9.97 Å². The van der Waals surface area contributed by atoms with Gasteiger partial charge in [-0.1, -0.05) is 279 Å². The predicted octanol–water partition coefficient (Wildman–Crippen LogP) is 29.5. The van der Waals surface area contributed by atoms with Gasteiger partial charge in [0.15, 0.2) is 0 Å². The van der Waals surface area contributed by atoms with Crippen LogP contribution in [0.3, 0.4) is 0 Å². The van der Waals surface area contributed by atoms with Crippen molar-refractivity contribution in [2.24, 2.45) is 0 Å². The third-order valence-corrected chi connectivity index (χ3v) is 24.0. The second-order valence-electron chi connectivity index (χ2n) is 30.8. The molecule has 0 aliphatic carbocycles. The number of pyridine rings is 2. The summed E-state index contributed by atoms with van der Waals surface area (Å²) >= 11 is 0. The van der Waals surface area contributed by atoms with Crippen LogP contribution >= 0.6 is 0 Å². The van der Waals surface area contributed by atoms with Crippen LogP contribution in [0.4, 0.5) is 0 Å². The molecule has 17 aromatic carbocycles. The maximum Gasteiger partial charge on any atom is 0.0715 e. The first-order valence-electron chi connectivity index (χ1n) is 40.4. The minimum atomic E-state index is 0.885. The Labute approximate surface area is 682 Å². The molecular formula is C112H72N6. The lowest BCUT2D eigenvalue weighted by Crippen LogP contribution is -1.96. The van der Waals surface area contributed by atoms with Gasteiger partial charge in [0.05, 0.1) is 66.9 Å². The van der Waals surface area contributed by atoms with Gasteiger partial charge in [0.1, 0.15) is 0 Å². The van der Waals surface area contributed by atoms with Crippen LogP contribution < -0.4 is 0 Å². The second kappa shape index (κ2) is 28.1. The van der Waals surface area contributed by atoms with E-state index in [9.17, 15) is 0 Å². The summed E-state index contributed by atoms with van der Waals surface area (Å²) in [6.45, 7) is 0. The second-order valence-corrected chi connectivity index (χ2v) is 30.8. The standard InChI is InChI=1S/C112H72N6/c1-3-23-73(24-4-1)81-63-83(67-85(65-81)87-69-101(77-47-55-89(56-48-77)115-105-35-15-7-27-93(105)94-28-8-16-36-106(94)115)113-102(70-87)78-49-57-90(58-50-78)116-107-37-17-9-29-95(107)96-30-10-18-38-108(96)116)75-43-45-76(46-44-75)84-64-82(74-25-5-2-6-26-74)66-86(68-84)88-71-103(79-51-59-91(60-52-79)117-109-39-19-11-31-97(109)98-32-12-20-40-110(98)117)114-104(72-88)80-53-61-92(62-54-80)118-111-41-21-13-33-99(111)100-34-14-22-42-112(100)118/h1-72H. The molecule has 23 rings (SSSR count). The van der Waals surface area contributed by atoms with E-state index in [-0.39, 0.29) is 0 Å². The van der Waals surface area contributed by atoms with Crippen molar-refractivity contribution in [3.63, 3.8) is 0 Å². The Balaban J connectivity index is 0.642. The van der Waals surface area contributed by atoms with E-state index >= 15 is 0 Å². The van der Waals surface area contributed by atoms with Crippen LogP contribution in [0, 0.1) is 0 Å². The van der Waals surface area contributed by atoms with E-state index in [1.807, 2.05) is 0 Å². The minimum absolute atomic E-state index is 0.885. The molecule has 0 bridgehead atoms. The van der Waals surface area contributed by atoms with E-state index in [1.165, 1.54) is 87.2 Å². The molecule has 0 fully saturated rings. The summed E-state index contributed by atoms with van der Waals surface area (Å²) in [4.78, 5) is 11.2. The molecule has 0 aliphatic heterocycles. The normalized spacial score (nSPS) is 11.7. The predicted molar refractivity (Wildman–Crippen MR) is 494 cm³/mol. The molecule has 0 N–H and O–H groups in total. The van der Waals surface area contributed by atoms with Crippen LogP contribution in [0.5, 0.6) is 0 Å². The number of aromatic nitrogens is 6. The number of para-hydroxylation sites is 8. The topological polar surface area (TPSA) is 45.5 Å². The number of fused-ring (bicyclic) bond motifs is 12. The number of hydrogen-bond acceptors (Lipinski definition) is 2. The first-order chi connectivity index (χ1) is 58.5. The Bertz CT molecular complexity index is 6830. The van der Waals surface area contributed by atoms with Crippen molar-refractivity contribution >= 4 is 87.2 Å². The lowest BCUT2D eigenvalue weighted by molar-refractivity contribution is 1.18. The van der Waals surface area contributed by atoms with Gasteiger partial charge in [-0.15, -0.1) is 0 Å². The lowest BCUT2D eigenvalue weighted by atomic mass is 9.90. The van der Waals surface area contributed by atoms with Crippen molar-refractivity contribution in [2.75, 3.05) is 0 Å². The third-order valence-electron chi connectivity index (χ3n) is 24.0. The number of hydrogen-bond donors (Lipinski definition) is 0. The molecule has 23 aromatic rings. The van der Waals surface area contributed by atoms with Crippen LogP contribution in [-0.4, -0.2) is 28.2 Å². The van der Waals surface area contributed by atoms with E-state index in [2.05, 4.69) is 455 Å². The third kappa shape index (κ3) is 11.7. The maximum atomic E-state index is 5.60. The van der Waals surface area contributed by atoms with Crippen LogP contribution in [-0.2, 0) is 0 Å². The highest BCUT2D eigenvalue weighted by molar-refractivity contribution is 6.13. The van der Waals surface area contributed by atoms with Gasteiger partial charge in [-0.25, -0.2) is 9.97 Å². The summed E-state index contributed by atoms with van der Waals surface area (Å²) in [7, 11) is 0. The Morgan fingerprint density at radius 2 is 0.271 bits per heavy atom. The van der Waals surface area contributed by atoms with Crippen LogP contribution in [0.2, 0.25) is 0 Å². The minimum Gasteiger partial charge on any atom is -0.309 e. The monoisotopic (exact) mass is 1500 g/mol. The van der Waals surface area contributed by atoms with E-state index in [0.717, 1.165) is 135 Å². The van der Waals surface area contributed by atoms with Gasteiger partial charge in [0.25, 0.3) is 0 Å². The molecule has 550 valence electrons. The summed E-state index contributed by atoms with van der Waals surface area (Å²) in [5.41, 5.74) is 34.7. The Morgan fingerprint density at radius 1 is 0.119 bits per heavy atom. The molecule has 0 saturated heterocycles. The lowest BCUT2D eigenvalue weighted by Gasteiger charge is -2.16. The fraction of sp³-hybridized carbons (Fsp3) is 0. The first-order valence-corrected chi connectivity index (χ1v) is 40.4. The first kappa shape index (κ1) is 67.9. The van der Waals surface area contributed by atoms with Crippen molar-refractivity contribution in [1.29, 1.82) is 0 Å². The van der Waals surface area contributed by atoms with Gasteiger partial charge in [-0.05, 0) is 224 Å². The summed E-state index contributed by atoms with van der Waals surface area (Å²) < 4.78 is 9.50. The summed E-state index contributed by atoms with van der Waals surface area (Å²) in [5, 5.41) is 9.87. The highest BCUT2D eigenvalue weighted by atomic mass is 15.0. The average molecular weight is 1500 g/mol. The molecule has 0 atom stereocenters. The highest BCUT2D eigenvalue weighted by Gasteiger charge is 2.21. The molecular weight excluding hydrogens is 1430 g/mol. The largest absolute Gasteiger partial charge is 0.309 e. The maximum absolute atomic E-state index is 5.60. The number of rotatable bonds is 14. The Kier molecular flexibility index (Phi) is 16.2. The average Bonchev–Trinajstić information content (AvgIpc) is 1.50. The summed E-state index contributed by atoms with van der Waals surface area (Å²) in [5.74, 6) is 0. The molecule has 6 heterocycles. The van der Waals surface area contributed by atoms with Gasteiger partial charge in [0.2, 0.25) is 0 Å². The smallest absolute Gasteiger partial charge is 0.0715 e. The van der Waals surface area contributed by atoms with E-state index in [1.54, 1.807) is 0 Å². The van der Waals surface area contributed by atoms with Crippen molar-refractivity contribution in [3.05, 3.63) is 437 Å². The molecule has 0 unspecified atom stereocenters. The summed E-state index contributed by atoms with van der Waals surface area (Å²) in [6.07, 6.45) is 0. The highest BCUT2D eigenvalue weighted by Crippen LogP contribution is 2.44. The quantitative estimate of drug-likeness (QED) is 0.109. The molecule has 0 radical (unpaired) electrons. The van der Waals surface area contributed by atoms with Crippen molar-refractivity contribution < 1.29 is 0 Å². The number of benzene rings is 17. The Morgan fingerprint density at radius 3 is 0.475 bits per heavy atom. The zero-order valence-corrected chi connectivity index (χ0v) is 64.3. The van der Waals surface area contributed by atoms with E-state index in [0.29, 0.717) is 0 Å². The molecule has 0 spiro atoms. The molecule has 118 heavy (non-hydrogen) atoms. The zero-order valence-electron chi connectivity index (χ0n) is 64.3. The van der Waals surface area contributed by atoms with E-state index < -0.39 is 0 Å². The van der Waals surface area contributed by atoms with Crippen LogP contribution in [0.25, 0.3) is 222 Å². The van der Waals surface area contributed by atoms with Gasteiger partial charge in [0, 0.05) is 88.1 Å².